The fourth-order valence-corrected chi connectivity index (χ4v) is 3.90. The third-order valence-electron chi connectivity index (χ3n) is 4.00. The number of hydrogen-bond donors (Lipinski definition) is 2. The number of methoxy groups -OCH3 is 1. The summed E-state index contributed by atoms with van der Waals surface area (Å²) in [7, 11) is -2.07. The Morgan fingerprint density at radius 3 is 2.22 bits per heavy atom. The van der Waals surface area contributed by atoms with Crippen LogP contribution in [0.4, 0.5) is 17.2 Å². The molecule has 0 aliphatic heterocycles. The van der Waals surface area contributed by atoms with Crippen molar-refractivity contribution in [3.63, 3.8) is 0 Å². The molecule has 0 aliphatic rings. The van der Waals surface area contributed by atoms with E-state index in [-0.39, 0.29) is 10.7 Å². The Labute approximate surface area is 159 Å². The maximum atomic E-state index is 12.6. The minimum Gasteiger partial charge on any atom is -0.497 e. The highest BCUT2D eigenvalue weighted by molar-refractivity contribution is 7.92. The Hall–Kier alpha value is -3.06. The van der Waals surface area contributed by atoms with Gasteiger partial charge in [0.25, 0.3) is 10.0 Å². The molecule has 0 atom stereocenters. The van der Waals surface area contributed by atoms with Crippen LogP contribution in [-0.4, -0.2) is 20.5 Å². The van der Waals surface area contributed by atoms with E-state index in [0.29, 0.717) is 5.56 Å². The molecule has 0 saturated carbocycles. The first kappa shape index (κ1) is 18.7. The number of aryl methyl sites for hydroxylation is 2. The van der Waals surface area contributed by atoms with Crippen molar-refractivity contribution in [2.75, 3.05) is 17.1 Å². The summed E-state index contributed by atoms with van der Waals surface area (Å²) >= 11 is 0. The number of aromatic nitrogens is 1. The highest BCUT2D eigenvalue weighted by Crippen LogP contribution is 2.22. The molecule has 7 heteroatoms. The van der Waals surface area contributed by atoms with Crippen LogP contribution in [0.5, 0.6) is 5.75 Å². The normalized spacial score (nSPS) is 11.1. The first-order valence-corrected chi connectivity index (χ1v) is 9.83. The Morgan fingerprint density at radius 1 is 0.926 bits per heavy atom. The number of hydrogen-bond acceptors (Lipinski definition) is 5. The summed E-state index contributed by atoms with van der Waals surface area (Å²) in [5.74, 6) is 1.03. The topological polar surface area (TPSA) is 80.3 Å². The second kappa shape index (κ2) is 7.67. The van der Waals surface area contributed by atoms with E-state index in [1.54, 1.807) is 44.5 Å². The Morgan fingerprint density at radius 2 is 1.63 bits per heavy atom. The van der Waals surface area contributed by atoms with Crippen molar-refractivity contribution in [1.82, 2.24) is 4.98 Å². The van der Waals surface area contributed by atoms with E-state index in [2.05, 4.69) is 15.0 Å². The molecule has 1 aromatic heterocycles. The van der Waals surface area contributed by atoms with Crippen molar-refractivity contribution in [2.45, 2.75) is 18.7 Å². The van der Waals surface area contributed by atoms with Crippen molar-refractivity contribution >= 4 is 27.2 Å². The summed E-state index contributed by atoms with van der Waals surface area (Å²) in [6.45, 7) is 3.70. The summed E-state index contributed by atoms with van der Waals surface area (Å²) in [4.78, 5) is 4.43. The van der Waals surface area contributed by atoms with Crippen molar-refractivity contribution < 1.29 is 13.2 Å². The fraction of sp³-hybridized carbons (Fsp3) is 0.150. The summed E-state index contributed by atoms with van der Waals surface area (Å²) in [5, 5.41) is 3.20. The van der Waals surface area contributed by atoms with Gasteiger partial charge in [0.05, 0.1) is 23.9 Å². The SMILES string of the molecule is COc1ccc(Nc2ccc(NS(=O)(=O)c3ccc(C)cc3C)nc2)cc1. The molecule has 2 aromatic carbocycles. The molecule has 6 nitrogen and oxygen atoms in total. The number of sulfonamides is 1. The third-order valence-corrected chi connectivity index (χ3v) is 5.52. The standard InChI is InChI=1S/C20H21N3O3S/c1-14-4-10-19(15(2)12-14)27(24,25)23-20-11-7-17(13-21-20)22-16-5-8-18(26-3)9-6-16/h4-13,22H,1-3H3,(H,21,23). The minimum atomic E-state index is -3.69. The maximum absolute atomic E-state index is 12.6. The lowest BCUT2D eigenvalue weighted by atomic mass is 10.2. The first-order chi connectivity index (χ1) is 12.9. The molecule has 0 bridgehead atoms. The van der Waals surface area contributed by atoms with Gasteiger partial charge in [-0.3, -0.25) is 4.72 Å². The van der Waals surface area contributed by atoms with Crippen LogP contribution in [0.25, 0.3) is 0 Å². The highest BCUT2D eigenvalue weighted by Gasteiger charge is 2.17. The van der Waals surface area contributed by atoms with Gasteiger partial charge in [0, 0.05) is 5.69 Å². The predicted molar refractivity (Wildman–Crippen MR) is 107 cm³/mol. The largest absolute Gasteiger partial charge is 0.497 e. The van der Waals surface area contributed by atoms with Crippen LogP contribution < -0.4 is 14.8 Å². The number of nitrogens with zero attached hydrogens (tertiary/aromatic N) is 1. The van der Waals surface area contributed by atoms with Gasteiger partial charge in [0.2, 0.25) is 0 Å². The molecule has 0 aliphatic carbocycles. The zero-order valence-electron chi connectivity index (χ0n) is 15.4. The van der Waals surface area contributed by atoms with Gasteiger partial charge < -0.3 is 10.1 Å². The van der Waals surface area contributed by atoms with E-state index in [4.69, 9.17) is 4.74 Å². The molecule has 140 valence electrons. The van der Waals surface area contributed by atoms with E-state index in [1.165, 1.54) is 0 Å². The van der Waals surface area contributed by atoms with Crippen molar-refractivity contribution in [3.05, 3.63) is 71.9 Å². The average molecular weight is 383 g/mol. The van der Waals surface area contributed by atoms with Gasteiger partial charge >= 0.3 is 0 Å². The number of anilines is 3. The van der Waals surface area contributed by atoms with Crippen molar-refractivity contribution in [3.8, 4) is 5.75 Å². The lowest BCUT2D eigenvalue weighted by Crippen LogP contribution is -2.15. The monoisotopic (exact) mass is 383 g/mol. The Bertz CT molecular complexity index is 1030. The van der Waals surface area contributed by atoms with Crippen LogP contribution in [0, 0.1) is 13.8 Å². The predicted octanol–water partition coefficient (Wildman–Crippen LogP) is 4.25. The van der Waals surface area contributed by atoms with Crippen molar-refractivity contribution in [2.24, 2.45) is 0 Å². The molecule has 1 heterocycles. The van der Waals surface area contributed by atoms with Crippen LogP contribution in [0.3, 0.4) is 0 Å². The molecule has 0 unspecified atom stereocenters. The zero-order valence-corrected chi connectivity index (χ0v) is 16.2. The second-order valence-corrected chi connectivity index (χ2v) is 7.81. The molecule has 0 saturated heterocycles. The number of nitrogens with one attached hydrogen (secondary N) is 2. The van der Waals surface area contributed by atoms with Gasteiger partial charge in [0.15, 0.2) is 0 Å². The van der Waals surface area contributed by atoms with Gasteiger partial charge in [-0.1, -0.05) is 17.7 Å². The van der Waals surface area contributed by atoms with Crippen LogP contribution in [0.2, 0.25) is 0 Å². The lowest BCUT2D eigenvalue weighted by Gasteiger charge is -2.11. The lowest BCUT2D eigenvalue weighted by molar-refractivity contribution is 0.415. The van der Waals surface area contributed by atoms with Crippen LogP contribution >= 0.6 is 0 Å². The van der Waals surface area contributed by atoms with Crippen LogP contribution in [0.1, 0.15) is 11.1 Å². The average Bonchev–Trinajstić information content (AvgIpc) is 2.63. The Kier molecular flexibility index (Phi) is 5.32. The molecule has 27 heavy (non-hydrogen) atoms. The molecule has 0 radical (unpaired) electrons. The van der Waals surface area contributed by atoms with Crippen molar-refractivity contribution in [1.29, 1.82) is 0 Å². The van der Waals surface area contributed by atoms with E-state index in [9.17, 15) is 8.42 Å². The number of rotatable bonds is 6. The van der Waals surface area contributed by atoms with Gasteiger partial charge in [-0.15, -0.1) is 0 Å². The van der Waals surface area contributed by atoms with E-state index < -0.39 is 10.0 Å². The summed E-state index contributed by atoms with van der Waals surface area (Å²) in [5.41, 5.74) is 3.33. The second-order valence-electron chi connectivity index (χ2n) is 6.16. The zero-order chi connectivity index (χ0) is 19.4. The molecule has 2 N–H and O–H groups in total. The van der Waals surface area contributed by atoms with E-state index in [0.717, 1.165) is 22.7 Å². The highest BCUT2D eigenvalue weighted by atomic mass is 32.2. The summed E-state index contributed by atoms with van der Waals surface area (Å²) in [6, 6.07) is 16.1. The number of benzene rings is 2. The first-order valence-electron chi connectivity index (χ1n) is 8.34. The van der Waals surface area contributed by atoms with Gasteiger partial charge in [0.1, 0.15) is 11.6 Å². The summed E-state index contributed by atoms with van der Waals surface area (Å²) < 4.78 is 32.8. The minimum absolute atomic E-state index is 0.246. The summed E-state index contributed by atoms with van der Waals surface area (Å²) in [6.07, 6.45) is 1.57. The van der Waals surface area contributed by atoms with E-state index >= 15 is 0 Å². The van der Waals surface area contributed by atoms with Crippen LogP contribution in [-0.2, 0) is 10.0 Å². The molecule has 3 aromatic rings. The maximum Gasteiger partial charge on any atom is 0.263 e. The molecule has 0 spiro atoms. The van der Waals surface area contributed by atoms with Gasteiger partial charge in [-0.25, -0.2) is 13.4 Å². The number of ether oxygens (including phenoxy) is 1. The molecule has 0 amide bonds. The van der Waals surface area contributed by atoms with Crippen LogP contribution in [0.15, 0.2) is 65.7 Å². The molecule has 3 rings (SSSR count). The fourth-order valence-electron chi connectivity index (χ4n) is 2.66. The molecule has 0 fully saturated rings. The molecular formula is C20H21N3O3S. The molecular weight excluding hydrogens is 362 g/mol. The Balaban J connectivity index is 1.73. The third kappa shape index (κ3) is 4.57. The van der Waals surface area contributed by atoms with Gasteiger partial charge in [-0.2, -0.15) is 0 Å². The van der Waals surface area contributed by atoms with E-state index in [1.807, 2.05) is 37.3 Å². The smallest absolute Gasteiger partial charge is 0.263 e. The quantitative estimate of drug-likeness (QED) is 0.665. The van der Waals surface area contributed by atoms with Gasteiger partial charge in [-0.05, 0) is 61.9 Å². The number of pyridine rings is 1.